The van der Waals surface area contributed by atoms with Gasteiger partial charge in [0.1, 0.15) is 5.75 Å². The zero-order chi connectivity index (χ0) is 16.5. The van der Waals surface area contributed by atoms with Gasteiger partial charge in [-0.3, -0.25) is 4.79 Å². The van der Waals surface area contributed by atoms with Gasteiger partial charge in [-0.25, -0.2) is 0 Å². The molecular weight excluding hydrogens is 298 g/mol. The fourth-order valence-electron chi connectivity index (χ4n) is 3.38. The van der Waals surface area contributed by atoms with E-state index < -0.39 is 0 Å². The normalized spacial score (nSPS) is 16.3. The minimum atomic E-state index is -0.244. The van der Waals surface area contributed by atoms with Gasteiger partial charge in [-0.05, 0) is 16.3 Å². The number of carbonyl (C=O) groups excluding carboxylic acids is 1. The van der Waals surface area contributed by atoms with E-state index in [-0.39, 0.29) is 18.3 Å². The number of benzene rings is 3. The SMILES string of the molecule is N#CCc1cccc2c1OC(=O)CC2c1ccc2ccccc2c1. The molecule has 1 unspecified atom stereocenters. The lowest BCUT2D eigenvalue weighted by Crippen LogP contribution is -2.22. The minimum Gasteiger partial charge on any atom is -0.426 e. The van der Waals surface area contributed by atoms with Crippen molar-refractivity contribution in [2.45, 2.75) is 18.8 Å². The summed E-state index contributed by atoms with van der Waals surface area (Å²) in [6.45, 7) is 0. The van der Waals surface area contributed by atoms with E-state index in [4.69, 9.17) is 10.00 Å². The Morgan fingerprint density at radius 3 is 2.71 bits per heavy atom. The monoisotopic (exact) mass is 313 g/mol. The maximum absolute atomic E-state index is 12.1. The highest BCUT2D eigenvalue weighted by atomic mass is 16.5. The molecule has 3 heteroatoms. The van der Waals surface area contributed by atoms with Crippen molar-refractivity contribution in [2.75, 3.05) is 0 Å². The highest BCUT2D eigenvalue weighted by molar-refractivity contribution is 5.84. The van der Waals surface area contributed by atoms with Crippen molar-refractivity contribution in [3.05, 3.63) is 77.4 Å². The summed E-state index contributed by atoms with van der Waals surface area (Å²) in [5.41, 5.74) is 2.85. The molecule has 0 spiro atoms. The van der Waals surface area contributed by atoms with Crippen molar-refractivity contribution < 1.29 is 9.53 Å². The Bertz CT molecular complexity index is 985. The first-order valence-corrected chi connectivity index (χ1v) is 7.94. The van der Waals surface area contributed by atoms with E-state index in [1.54, 1.807) is 0 Å². The van der Waals surface area contributed by atoms with Gasteiger partial charge in [0.2, 0.25) is 0 Å². The summed E-state index contributed by atoms with van der Waals surface area (Å²) < 4.78 is 5.46. The second-order valence-corrected chi connectivity index (χ2v) is 6.01. The van der Waals surface area contributed by atoms with Gasteiger partial charge in [0.05, 0.1) is 18.9 Å². The molecule has 0 radical (unpaired) electrons. The smallest absolute Gasteiger partial charge is 0.312 e. The number of ether oxygens (including phenoxy) is 1. The van der Waals surface area contributed by atoms with Crippen LogP contribution in [-0.2, 0) is 11.2 Å². The molecule has 3 nitrogen and oxygen atoms in total. The molecule has 1 atom stereocenters. The standard InChI is InChI=1S/C21H15NO2/c22-11-10-15-6-3-7-18-19(13-20(23)24-21(15)18)17-9-8-14-4-1-2-5-16(14)12-17/h1-9,12,19H,10,13H2. The molecule has 1 aliphatic heterocycles. The number of hydrogen-bond donors (Lipinski definition) is 0. The third-order valence-corrected chi connectivity index (χ3v) is 4.53. The van der Waals surface area contributed by atoms with E-state index in [9.17, 15) is 4.79 Å². The first-order valence-electron chi connectivity index (χ1n) is 7.94. The van der Waals surface area contributed by atoms with Crippen molar-refractivity contribution in [3.63, 3.8) is 0 Å². The first-order chi connectivity index (χ1) is 11.8. The topological polar surface area (TPSA) is 50.1 Å². The molecular formula is C21H15NO2. The summed E-state index contributed by atoms with van der Waals surface area (Å²) in [6.07, 6.45) is 0.558. The summed E-state index contributed by atoms with van der Waals surface area (Å²) in [6, 6.07) is 22.4. The molecule has 0 saturated carbocycles. The maximum Gasteiger partial charge on any atom is 0.312 e. The molecule has 0 amide bonds. The summed E-state index contributed by atoms with van der Waals surface area (Å²) >= 11 is 0. The van der Waals surface area contributed by atoms with E-state index in [2.05, 4.69) is 36.4 Å². The highest BCUT2D eigenvalue weighted by Gasteiger charge is 2.30. The third kappa shape index (κ3) is 2.43. The Labute approximate surface area is 140 Å². The molecule has 1 aliphatic rings. The number of rotatable bonds is 2. The Balaban J connectivity index is 1.85. The van der Waals surface area contributed by atoms with Crippen LogP contribution in [0.25, 0.3) is 10.8 Å². The lowest BCUT2D eigenvalue weighted by molar-refractivity contribution is -0.135. The number of hydrogen-bond acceptors (Lipinski definition) is 3. The number of para-hydroxylation sites is 1. The maximum atomic E-state index is 12.1. The fourth-order valence-corrected chi connectivity index (χ4v) is 3.38. The van der Waals surface area contributed by atoms with Crippen molar-refractivity contribution >= 4 is 16.7 Å². The molecule has 3 aromatic carbocycles. The highest BCUT2D eigenvalue weighted by Crippen LogP contribution is 2.41. The van der Waals surface area contributed by atoms with E-state index in [1.165, 1.54) is 5.39 Å². The minimum absolute atomic E-state index is 0.0375. The van der Waals surface area contributed by atoms with Crippen LogP contribution < -0.4 is 4.74 Å². The van der Waals surface area contributed by atoms with Gasteiger partial charge in [-0.15, -0.1) is 0 Å². The predicted molar refractivity (Wildman–Crippen MR) is 91.8 cm³/mol. The van der Waals surface area contributed by atoms with Crippen molar-refractivity contribution in [2.24, 2.45) is 0 Å². The van der Waals surface area contributed by atoms with Gasteiger partial charge < -0.3 is 4.74 Å². The lowest BCUT2D eigenvalue weighted by atomic mass is 9.84. The molecule has 1 heterocycles. The predicted octanol–water partition coefficient (Wildman–Crippen LogP) is 4.35. The van der Waals surface area contributed by atoms with Gasteiger partial charge in [0, 0.05) is 17.0 Å². The Hall–Kier alpha value is -3.12. The second kappa shape index (κ2) is 5.82. The average Bonchev–Trinajstić information content (AvgIpc) is 2.61. The van der Waals surface area contributed by atoms with Crippen LogP contribution in [0, 0.1) is 11.3 Å². The van der Waals surface area contributed by atoms with E-state index in [0.717, 1.165) is 22.1 Å². The van der Waals surface area contributed by atoms with E-state index in [0.29, 0.717) is 12.2 Å². The number of nitriles is 1. The molecule has 0 bridgehead atoms. The summed E-state index contributed by atoms with van der Waals surface area (Å²) in [4.78, 5) is 12.1. The van der Waals surface area contributed by atoms with Crippen LogP contribution in [0.15, 0.2) is 60.7 Å². The molecule has 0 aromatic heterocycles. The summed E-state index contributed by atoms with van der Waals surface area (Å²) in [5.74, 6) is 0.281. The summed E-state index contributed by atoms with van der Waals surface area (Å²) in [5, 5.41) is 11.3. The van der Waals surface area contributed by atoms with Crippen LogP contribution in [0.4, 0.5) is 0 Å². The molecule has 24 heavy (non-hydrogen) atoms. The van der Waals surface area contributed by atoms with Crippen LogP contribution in [0.1, 0.15) is 29.0 Å². The largest absolute Gasteiger partial charge is 0.426 e. The van der Waals surface area contributed by atoms with Crippen molar-refractivity contribution in [1.82, 2.24) is 0 Å². The Morgan fingerprint density at radius 2 is 1.88 bits per heavy atom. The first kappa shape index (κ1) is 14.5. The van der Waals surface area contributed by atoms with E-state index in [1.807, 2.05) is 30.3 Å². The zero-order valence-corrected chi connectivity index (χ0v) is 13.0. The van der Waals surface area contributed by atoms with Gasteiger partial charge in [0.25, 0.3) is 0 Å². The second-order valence-electron chi connectivity index (χ2n) is 6.01. The van der Waals surface area contributed by atoms with Gasteiger partial charge in [0.15, 0.2) is 0 Å². The molecule has 0 saturated heterocycles. The van der Waals surface area contributed by atoms with Crippen LogP contribution in [0.5, 0.6) is 5.75 Å². The third-order valence-electron chi connectivity index (χ3n) is 4.53. The number of carbonyl (C=O) groups is 1. The van der Waals surface area contributed by atoms with Gasteiger partial charge in [-0.1, -0.05) is 60.7 Å². The van der Waals surface area contributed by atoms with Gasteiger partial charge in [-0.2, -0.15) is 5.26 Å². The molecule has 3 aromatic rings. The van der Waals surface area contributed by atoms with Crippen LogP contribution >= 0.6 is 0 Å². The van der Waals surface area contributed by atoms with Crippen LogP contribution in [-0.4, -0.2) is 5.97 Å². The zero-order valence-electron chi connectivity index (χ0n) is 13.0. The molecule has 4 rings (SSSR count). The number of esters is 1. The quantitative estimate of drug-likeness (QED) is 0.522. The molecule has 116 valence electrons. The fraction of sp³-hybridized carbons (Fsp3) is 0.143. The molecule has 0 fully saturated rings. The van der Waals surface area contributed by atoms with Crippen molar-refractivity contribution in [3.8, 4) is 11.8 Å². The Morgan fingerprint density at radius 1 is 1.04 bits per heavy atom. The van der Waals surface area contributed by atoms with Crippen LogP contribution in [0.2, 0.25) is 0 Å². The molecule has 0 aliphatic carbocycles. The summed E-state index contributed by atoms with van der Waals surface area (Å²) in [7, 11) is 0. The van der Waals surface area contributed by atoms with Crippen LogP contribution in [0.3, 0.4) is 0 Å². The lowest BCUT2D eigenvalue weighted by Gasteiger charge is -2.26. The molecule has 0 N–H and O–H groups in total. The average molecular weight is 313 g/mol. The van der Waals surface area contributed by atoms with Crippen molar-refractivity contribution in [1.29, 1.82) is 5.26 Å². The van der Waals surface area contributed by atoms with E-state index >= 15 is 0 Å². The Kier molecular flexibility index (Phi) is 3.51. The number of fused-ring (bicyclic) bond motifs is 2. The van der Waals surface area contributed by atoms with Gasteiger partial charge >= 0.3 is 5.97 Å². The number of nitrogens with zero attached hydrogens (tertiary/aromatic N) is 1.